The fourth-order valence-electron chi connectivity index (χ4n) is 1.53. The fraction of sp³-hybridized carbons (Fsp3) is 0.0833. The van der Waals surface area contributed by atoms with Crippen molar-refractivity contribution in [2.24, 2.45) is 0 Å². The van der Waals surface area contributed by atoms with Gasteiger partial charge in [-0.15, -0.1) is 0 Å². The summed E-state index contributed by atoms with van der Waals surface area (Å²) in [7, 11) is 1.40. The number of non-ortho nitro benzene ring substituents is 1. The molecule has 0 radical (unpaired) electrons. The minimum absolute atomic E-state index is 0.0745. The van der Waals surface area contributed by atoms with Crippen molar-refractivity contribution in [3.8, 4) is 5.75 Å². The summed E-state index contributed by atoms with van der Waals surface area (Å²) in [5.74, 6) is -0.144. The minimum atomic E-state index is -0.557. The first-order valence-corrected chi connectivity index (χ1v) is 6.19. The lowest BCUT2D eigenvalue weighted by Crippen LogP contribution is -2.12. The first kappa shape index (κ1) is 14.1. The molecule has 0 unspecified atom stereocenters. The lowest BCUT2D eigenvalue weighted by molar-refractivity contribution is -0.384. The van der Waals surface area contributed by atoms with E-state index < -0.39 is 10.8 Å². The van der Waals surface area contributed by atoms with E-state index in [0.717, 1.165) is 0 Å². The number of nitro benzene ring substituents is 1. The number of hydrogen-bond donors (Lipinski definition) is 1. The molecule has 20 heavy (non-hydrogen) atoms. The molecule has 0 atom stereocenters. The Hall–Kier alpha value is -2.35. The number of amides is 1. The molecule has 1 amide bonds. The van der Waals surface area contributed by atoms with Crippen LogP contribution in [-0.2, 0) is 0 Å². The second kappa shape index (κ2) is 5.74. The van der Waals surface area contributed by atoms with Crippen LogP contribution in [0.3, 0.4) is 0 Å². The Kier molecular flexibility index (Phi) is 4.04. The number of nitrogens with zero attached hydrogens (tertiary/aromatic N) is 1. The number of nitro groups is 1. The van der Waals surface area contributed by atoms with E-state index in [4.69, 9.17) is 9.15 Å². The molecule has 0 aliphatic carbocycles. The Bertz CT molecular complexity index is 668. The number of benzene rings is 1. The summed E-state index contributed by atoms with van der Waals surface area (Å²) in [6.07, 6.45) is 0. The summed E-state index contributed by atoms with van der Waals surface area (Å²) in [5.41, 5.74) is 0.0425. The van der Waals surface area contributed by atoms with Crippen molar-refractivity contribution in [2.45, 2.75) is 0 Å². The highest BCUT2D eigenvalue weighted by atomic mass is 79.9. The van der Waals surface area contributed by atoms with Crippen molar-refractivity contribution in [1.82, 2.24) is 0 Å². The van der Waals surface area contributed by atoms with Crippen molar-refractivity contribution >= 4 is 33.2 Å². The summed E-state index contributed by atoms with van der Waals surface area (Å²) in [4.78, 5) is 22.1. The number of ether oxygens (including phenoxy) is 1. The molecule has 1 aromatic heterocycles. The average molecular weight is 341 g/mol. The van der Waals surface area contributed by atoms with Crippen LogP contribution >= 0.6 is 15.9 Å². The maximum atomic E-state index is 11.9. The maximum Gasteiger partial charge on any atom is 0.291 e. The Labute approximate surface area is 121 Å². The lowest BCUT2D eigenvalue weighted by Gasteiger charge is -2.08. The molecule has 0 aliphatic rings. The van der Waals surface area contributed by atoms with Crippen molar-refractivity contribution in [3.63, 3.8) is 0 Å². The van der Waals surface area contributed by atoms with E-state index in [2.05, 4.69) is 21.2 Å². The molecule has 8 heteroatoms. The van der Waals surface area contributed by atoms with Crippen LogP contribution in [0.2, 0.25) is 0 Å². The Balaban J connectivity index is 2.29. The van der Waals surface area contributed by atoms with Gasteiger partial charge >= 0.3 is 0 Å². The van der Waals surface area contributed by atoms with E-state index in [-0.39, 0.29) is 17.1 Å². The van der Waals surface area contributed by atoms with Crippen LogP contribution in [0.15, 0.2) is 39.4 Å². The molecule has 1 heterocycles. The minimum Gasteiger partial charge on any atom is -0.495 e. The summed E-state index contributed by atoms with van der Waals surface area (Å²) >= 11 is 3.08. The van der Waals surface area contributed by atoms with Gasteiger partial charge in [0.15, 0.2) is 10.4 Å². The normalized spacial score (nSPS) is 10.1. The molecule has 0 bridgehead atoms. The SMILES string of the molecule is COc1ccc([N+](=O)[O-])cc1NC(=O)c1ccc(Br)o1. The molecule has 2 aromatic rings. The van der Waals surface area contributed by atoms with Crippen LogP contribution in [0.5, 0.6) is 5.75 Å². The van der Waals surface area contributed by atoms with Crippen LogP contribution in [-0.4, -0.2) is 17.9 Å². The monoisotopic (exact) mass is 340 g/mol. The molecule has 1 N–H and O–H groups in total. The van der Waals surface area contributed by atoms with E-state index in [0.29, 0.717) is 10.4 Å². The smallest absolute Gasteiger partial charge is 0.291 e. The predicted octanol–water partition coefficient (Wildman–Crippen LogP) is 3.21. The molecule has 0 fully saturated rings. The topological polar surface area (TPSA) is 94.6 Å². The van der Waals surface area contributed by atoms with Gasteiger partial charge in [0.2, 0.25) is 0 Å². The molecule has 0 spiro atoms. The second-order valence-corrected chi connectivity index (χ2v) is 4.48. The Morgan fingerprint density at radius 1 is 1.40 bits per heavy atom. The molecule has 2 rings (SSSR count). The van der Waals surface area contributed by atoms with Gasteiger partial charge in [-0.25, -0.2) is 0 Å². The van der Waals surface area contributed by atoms with Crippen LogP contribution in [0.1, 0.15) is 10.6 Å². The van der Waals surface area contributed by atoms with Gasteiger partial charge in [-0.05, 0) is 34.1 Å². The molecular weight excluding hydrogens is 332 g/mol. The van der Waals surface area contributed by atoms with Crippen LogP contribution in [0, 0.1) is 10.1 Å². The van der Waals surface area contributed by atoms with E-state index in [1.54, 1.807) is 6.07 Å². The summed E-state index contributed by atoms with van der Waals surface area (Å²) in [6.45, 7) is 0. The number of carbonyl (C=O) groups is 1. The highest BCUT2D eigenvalue weighted by Gasteiger charge is 2.16. The van der Waals surface area contributed by atoms with Crippen LogP contribution in [0.4, 0.5) is 11.4 Å². The van der Waals surface area contributed by atoms with E-state index in [1.807, 2.05) is 0 Å². The van der Waals surface area contributed by atoms with E-state index in [1.165, 1.54) is 31.4 Å². The number of rotatable bonds is 4. The van der Waals surface area contributed by atoms with E-state index in [9.17, 15) is 14.9 Å². The van der Waals surface area contributed by atoms with Crippen molar-refractivity contribution in [3.05, 3.63) is 50.9 Å². The molecular formula is C12H9BrN2O5. The highest BCUT2D eigenvalue weighted by molar-refractivity contribution is 9.10. The number of methoxy groups -OCH3 is 1. The van der Waals surface area contributed by atoms with Gasteiger partial charge in [0, 0.05) is 12.1 Å². The number of nitrogens with one attached hydrogen (secondary N) is 1. The first-order chi connectivity index (χ1) is 9.51. The van der Waals surface area contributed by atoms with Gasteiger partial charge in [-0.3, -0.25) is 14.9 Å². The zero-order chi connectivity index (χ0) is 14.7. The summed E-state index contributed by atoms with van der Waals surface area (Å²) in [6, 6.07) is 6.96. The molecule has 0 saturated carbocycles. The molecule has 104 valence electrons. The van der Waals surface area contributed by atoms with Gasteiger partial charge in [-0.2, -0.15) is 0 Å². The van der Waals surface area contributed by atoms with Gasteiger partial charge in [0.05, 0.1) is 17.7 Å². The molecule has 0 aliphatic heterocycles. The highest BCUT2D eigenvalue weighted by Crippen LogP contribution is 2.29. The zero-order valence-corrected chi connectivity index (χ0v) is 11.8. The third-order valence-corrected chi connectivity index (χ3v) is 2.87. The van der Waals surface area contributed by atoms with Gasteiger partial charge < -0.3 is 14.5 Å². The predicted molar refractivity (Wildman–Crippen MR) is 74.0 cm³/mol. The van der Waals surface area contributed by atoms with Gasteiger partial charge in [-0.1, -0.05) is 0 Å². The maximum absolute atomic E-state index is 11.9. The van der Waals surface area contributed by atoms with E-state index >= 15 is 0 Å². The Morgan fingerprint density at radius 2 is 2.15 bits per heavy atom. The third-order valence-electron chi connectivity index (χ3n) is 2.44. The number of anilines is 1. The number of halogens is 1. The van der Waals surface area contributed by atoms with Crippen LogP contribution in [0.25, 0.3) is 0 Å². The second-order valence-electron chi connectivity index (χ2n) is 3.70. The lowest BCUT2D eigenvalue weighted by atomic mass is 10.2. The van der Waals surface area contributed by atoms with Crippen molar-refractivity contribution < 1.29 is 18.9 Å². The average Bonchev–Trinajstić information content (AvgIpc) is 2.85. The number of hydrogen-bond acceptors (Lipinski definition) is 5. The first-order valence-electron chi connectivity index (χ1n) is 5.40. The molecule has 7 nitrogen and oxygen atoms in total. The molecule has 1 aromatic carbocycles. The largest absolute Gasteiger partial charge is 0.495 e. The summed E-state index contributed by atoms with van der Waals surface area (Å²) < 4.78 is 10.6. The van der Waals surface area contributed by atoms with Gasteiger partial charge in [0.1, 0.15) is 5.75 Å². The summed E-state index contributed by atoms with van der Waals surface area (Å²) in [5, 5.41) is 13.2. The standard InChI is InChI=1S/C12H9BrN2O5/c1-19-9-3-2-7(15(17)18)6-8(9)14-12(16)10-4-5-11(13)20-10/h2-6H,1H3,(H,14,16). The number of furan rings is 1. The van der Waals surface area contributed by atoms with Crippen molar-refractivity contribution in [2.75, 3.05) is 12.4 Å². The van der Waals surface area contributed by atoms with Crippen molar-refractivity contribution in [1.29, 1.82) is 0 Å². The van der Waals surface area contributed by atoms with Crippen LogP contribution < -0.4 is 10.1 Å². The Morgan fingerprint density at radius 3 is 2.70 bits per heavy atom. The molecule has 0 saturated heterocycles. The zero-order valence-electron chi connectivity index (χ0n) is 10.3. The van der Waals surface area contributed by atoms with Gasteiger partial charge in [0.25, 0.3) is 11.6 Å². The quantitative estimate of drug-likeness (QED) is 0.681. The number of carbonyl (C=O) groups excluding carboxylic acids is 1. The third kappa shape index (κ3) is 2.97. The fourth-order valence-corrected chi connectivity index (χ4v) is 1.83.